The number of hydrogen-bond donors (Lipinski definition) is 2. The smallest absolute Gasteiger partial charge is 0.387 e. The number of alkyl halides is 2. The number of guanidine groups is 1. The van der Waals surface area contributed by atoms with E-state index in [1.807, 2.05) is 19.1 Å². The van der Waals surface area contributed by atoms with E-state index < -0.39 is 6.61 Å². The average Bonchev–Trinajstić information content (AvgIpc) is 2.77. The topological polar surface area (TPSA) is 75.2 Å². The first kappa shape index (κ1) is 28.4. The lowest BCUT2D eigenvalue weighted by Gasteiger charge is -2.13. The molecule has 0 aliphatic carbocycles. The molecule has 0 bridgehead atoms. The van der Waals surface area contributed by atoms with E-state index >= 15 is 0 Å². The predicted octanol–water partition coefficient (Wildman–Crippen LogP) is 3.91. The number of hydrogen-bond acceptors (Lipinski definition) is 4. The van der Waals surface area contributed by atoms with Crippen LogP contribution >= 0.6 is 24.0 Å². The van der Waals surface area contributed by atoms with E-state index in [-0.39, 0.29) is 41.4 Å². The highest BCUT2D eigenvalue weighted by molar-refractivity contribution is 14.0. The molecule has 182 valence electrons. The van der Waals surface area contributed by atoms with Crippen LogP contribution in [0.5, 0.6) is 11.5 Å². The maximum absolute atomic E-state index is 12.6. The quantitative estimate of drug-likeness (QED) is 0.255. The fraction of sp³-hybridized carbons (Fsp3) is 0.391. The lowest BCUT2D eigenvalue weighted by Crippen LogP contribution is -2.38. The molecular weight excluding hydrogens is 545 g/mol. The number of benzene rings is 2. The van der Waals surface area contributed by atoms with Crippen molar-refractivity contribution in [3.63, 3.8) is 0 Å². The molecule has 2 aromatic rings. The maximum Gasteiger partial charge on any atom is 0.387 e. The zero-order valence-electron chi connectivity index (χ0n) is 19.2. The van der Waals surface area contributed by atoms with E-state index in [1.165, 1.54) is 12.0 Å². The Labute approximate surface area is 210 Å². The Hall–Kier alpha value is -2.63. The van der Waals surface area contributed by atoms with Gasteiger partial charge < -0.3 is 25.0 Å². The first-order valence-corrected chi connectivity index (χ1v) is 10.3. The molecule has 1 amide bonds. The van der Waals surface area contributed by atoms with Gasteiger partial charge >= 0.3 is 6.61 Å². The minimum Gasteiger partial charge on any atom is -0.493 e. The third-order valence-corrected chi connectivity index (χ3v) is 4.52. The molecule has 0 heterocycles. The van der Waals surface area contributed by atoms with E-state index in [0.29, 0.717) is 37.6 Å². The van der Waals surface area contributed by atoms with Gasteiger partial charge in [0.1, 0.15) is 0 Å². The Morgan fingerprint density at radius 1 is 1.06 bits per heavy atom. The highest BCUT2D eigenvalue weighted by atomic mass is 127. The van der Waals surface area contributed by atoms with Crippen LogP contribution in [0, 0.1) is 0 Å². The second kappa shape index (κ2) is 14.5. The highest BCUT2D eigenvalue weighted by Gasteiger charge is 2.11. The number of carbonyl (C=O) groups excluding carboxylic acids is 1. The number of nitrogens with zero attached hydrogens (tertiary/aromatic N) is 2. The lowest BCUT2D eigenvalue weighted by atomic mass is 10.1. The highest BCUT2D eigenvalue weighted by Crippen LogP contribution is 2.29. The van der Waals surface area contributed by atoms with Crippen LogP contribution < -0.4 is 20.1 Å². The van der Waals surface area contributed by atoms with Gasteiger partial charge in [-0.2, -0.15) is 8.78 Å². The first-order valence-electron chi connectivity index (χ1n) is 10.3. The Bertz CT molecular complexity index is 909. The monoisotopic (exact) mass is 576 g/mol. The van der Waals surface area contributed by atoms with Gasteiger partial charge in [0.05, 0.1) is 13.7 Å². The molecule has 2 rings (SSSR count). The molecule has 0 radical (unpaired) electrons. The Balaban J connectivity index is 0.00000544. The van der Waals surface area contributed by atoms with Crippen molar-refractivity contribution in [2.75, 3.05) is 34.3 Å². The number of methoxy groups -OCH3 is 1. The molecule has 7 nitrogen and oxygen atoms in total. The summed E-state index contributed by atoms with van der Waals surface area (Å²) in [4.78, 5) is 18.1. The van der Waals surface area contributed by atoms with Crippen LogP contribution in [0.25, 0.3) is 0 Å². The van der Waals surface area contributed by atoms with Gasteiger partial charge in [0.15, 0.2) is 17.5 Å². The van der Waals surface area contributed by atoms with E-state index in [1.54, 1.807) is 44.4 Å². The molecule has 0 saturated heterocycles. The van der Waals surface area contributed by atoms with Crippen LogP contribution in [-0.2, 0) is 13.0 Å². The minimum absolute atomic E-state index is 0. The van der Waals surface area contributed by atoms with Gasteiger partial charge in [0.25, 0.3) is 5.91 Å². The molecule has 0 aromatic heterocycles. The number of ether oxygens (including phenoxy) is 2. The minimum atomic E-state index is -2.92. The van der Waals surface area contributed by atoms with Crippen LogP contribution in [0.3, 0.4) is 0 Å². The van der Waals surface area contributed by atoms with E-state index in [0.717, 1.165) is 11.1 Å². The van der Waals surface area contributed by atoms with Gasteiger partial charge in [-0.25, -0.2) is 4.99 Å². The molecule has 0 saturated carbocycles. The SMILES string of the molecule is CCNC(=NCc1ccc(C(=O)N(C)C)cc1)NCCc1ccc(OC)c(OC(F)F)c1.I. The summed E-state index contributed by atoms with van der Waals surface area (Å²) in [5, 5.41) is 6.40. The fourth-order valence-electron chi connectivity index (χ4n) is 2.91. The van der Waals surface area contributed by atoms with Crippen molar-refractivity contribution >= 4 is 35.8 Å². The van der Waals surface area contributed by atoms with Crippen LogP contribution in [0.2, 0.25) is 0 Å². The van der Waals surface area contributed by atoms with Gasteiger partial charge in [-0.15, -0.1) is 24.0 Å². The van der Waals surface area contributed by atoms with Gasteiger partial charge in [-0.05, 0) is 48.7 Å². The predicted molar refractivity (Wildman–Crippen MR) is 136 cm³/mol. The second-order valence-corrected chi connectivity index (χ2v) is 7.13. The summed E-state index contributed by atoms with van der Waals surface area (Å²) in [6.07, 6.45) is 0.579. The number of carbonyl (C=O) groups is 1. The molecule has 0 aliphatic rings. The molecule has 2 N–H and O–H groups in total. The third kappa shape index (κ3) is 9.40. The molecule has 10 heteroatoms. The summed E-state index contributed by atoms with van der Waals surface area (Å²) < 4.78 is 34.8. The molecule has 0 atom stereocenters. The van der Waals surface area contributed by atoms with Crippen LogP contribution in [-0.4, -0.2) is 57.7 Å². The maximum atomic E-state index is 12.6. The number of aliphatic imine (C=N–C) groups is 1. The molecule has 33 heavy (non-hydrogen) atoms. The molecular formula is C23H31F2IN4O3. The van der Waals surface area contributed by atoms with Crippen molar-refractivity contribution in [2.45, 2.75) is 26.5 Å². The Morgan fingerprint density at radius 2 is 1.73 bits per heavy atom. The van der Waals surface area contributed by atoms with Crippen molar-refractivity contribution in [1.29, 1.82) is 0 Å². The lowest BCUT2D eigenvalue weighted by molar-refractivity contribution is -0.0512. The van der Waals surface area contributed by atoms with Crippen LogP contribution in [0.1, 0.15) is 28.4 Å². The van der Waals surface area contributed by atoms with Crippen molar-refractivity contribution in [1.82, 2.24) is 15.5 Å². The number of rotatable bonds is 10. The summed E-state index contributed by atoms with van der Waals surface area (Å²) in [7, 11) is 4.84. The number of amides is 1. The molecule has 0 unspecified atom stereocenters. The fourth-order valence-corrected chi connectivity index (χ4v) is 2.91. The van der Waals surface area contributed by atoms with Gasteiger partial charge in [-0.1, -0.05) is 18.2 Å². The Morgan fingerprint density at radius 3 is 2.30 bits per heavy atom. The zero-order chi connectivity index (χ0) is 23.5. The van der Waals surface area contributed by atoms with Crippen molar-refractivity contribution in [2.24, 2.45) is 4.99 Å². The van der Waals surface area contributed by atoms with E-state index in [9.17, 15) is 13.6 Å². The first-order chi connectivity index (χ1) is 15.3. The summed E-state index contributed by atoms with van der Waals surface area (Å²) in [5.74, 6) is 0.862. The second-order valence-electron chi connectivity index (χ2n) is 7.13. The van der Waals surface area contributed by atoms with E-state index in [2.05, 4.69) is 20.4 Å². The normalized spacial score (nSPS) is 10.9. The van der Waals surface area contributed by atoms with Crippen molar-refractivity contribution in [3.05, 3.63) is 59.2 Å². The summed E-state index contributed by atoms with van der Waals surface area (Å²) in [5.41, 5.74) is 2.43. The van der Waals surface area contributed by atoms with Gasteiger partial charge in [0.2, 0.25) is 0 Å². The average molecular weight is 576 g/mol. The summed E-state index contributed by atoms with van der Waals surface area (Å²) in [6, 6.07) is 12.3. The van der Waals surface area contributed by atoms with Crippen molar-refractivity contribution in [3.8, 4) is 11.5 Å². The number of nitrogens with one attached hydrogen (secondary N) is 2. The largest absolute Gasteiger partial charge is 0.493 e. The van der Waals surface area contributed by atoms with E-state index in [4.69, 9.17) is 4.74 Å². The van der Waals surface area contributed by atoms with Crippen LogP contribution in [0.4, 0.5) is 8.78 Å². The van der Waals surface area contributed by atoms with Crippen LogP contribution in [0.15, 0.2) is 47.5 Å². The third-order valence-electron chi connectivity index (χ3n) is 4.52. The molecule has 0 aliphatic heterocycles. The Kier molecular flexibility index (Phi) is 12.5. The molecule has 0 fully saturated rings. The zero-order valence-corrected chi connectivity index (χ0v) is 21.6. The standard InChI is InChI=1S/C23H30F2N4O3.HI/c1-5-26-23(28-15-17-6-9-18(10-7-17)21(30)29(2)3)27-13-12-16-8-11-19(31-4)20(14-16)32-22(24)25;/h6-11,14,22H,5,12-13,15H2,1-4H3,(H2,26,27,28);1H. The summed E-state index contributed by atoms with van der Waals surface area (Å²) >= 11 is 0. The molecule has 0 spiro atoms. The molecule has 2 aromatic carbocycles. The summed E-state index contributed by atoms with van der Waals surface area (Å²) in [6.45, 7) is 0.733. The van der Waals surface area contributed by atoms with Gasteiger partial charge in [0, 0.05) is 32.7 Å². The van der Waals surface area contributed by atoms with Gasteiger partial charge in [-0.3, -0.25) is 4.79 Å². The van der Waals surface area contributed by atoms with Crippen molar-refractivity contribution < 1.29 is 23.0 Å². The number of halogens is 3.